The first-order valence-corrected chi connectivity index (χ1v) is 15.3. The SMILES string of the molecule is CCCCCCCCSSC1=CNN(SSCCCCCCCC)S1. The topological polar surface area (TPSA) is 15.3 Å². The summed E-state index contributed by atoms with van der Waals surface area (Å²) in [7, 11) is 7.73. The maximum Gasteiger partial charge on any atom is 0.0865 e. The second-order valence-corrected chi connectivity index (χ2v) is 12.5. The zero-order chi connectivity index (χ0) is 18.0. The van der Waals surface area contributed by atoms with Crippen LogP contribution in [-0.4, -0.2) is 15.3 Å². The number of nitrogens with one attached hydrogen (secondary N) is 1. The highest BCUT2D eigenvalue weighted by molar-refractivity contribution is 8.81. The summed E-state index contributed by atoms with van der Waals surface area (Å²) >= 11 is 1.83. The standard InChI is InChI=1S/C18H36N2S5/c1-3-5-7-9-11-13-15-21-24-18-17-19-20(23-18)25-22-16-14-12-10-8-6-4-2/h17,19H,3-16H2,1-2H3. The van der Waals surface area contributed by atoms with Gasteiger partial charge in [-0.2, -0.15) is 0 Å². The summed E-state index contributed by atoms with van der Waals surface area (Å²) in [5.74, 6) is 2.53. The van der Waals surface area contributed by atoms with Gasteiger partial charge >= 0.3 is 0 Å². The van der Waals surface area contributed by atoms with E-state index in [0.29, 0.717) is 0 Å². The lowest BCUT2D eigenvalue weighted by molar-refractivity contribution is 0.627. The molecular formula is C18H36N2S5. The van der Waals surface area contributed by atoms with Gasteiger partial charge in [-0.05, 0) is 23.6 Å². The van der Waals surface area contributed by atoms with E-state index in [1.54, 1.807) is 0 Å². The average molecular weight is 441 g/mol. The van der Waals surface area contributed by atoms with Crippen molar-refractivity contribution in [3.05, 3.63) is 10.4 Å². The average Bonchev–Trinajstić information content (AvgIpc) is 3.07. The molecule has 148 valence electrons. The van der Waals surface area contributed by atoms with E-state index in [1.165, 1.54) is 92.8 Å². The van der Waals surface area contributed by atoms with Crippen molar-refractivity contribution in [1.82, 2.24) is 9.25 Å². The summed E-state index contributed by atoms with van der Waals surface area (Å²) < 4.78 is 3.55. The minimum atomic E-state index is 1.25. The molecular weight excluding hydrogens is 405 g/mol. The van der Waals surface area contributed by atoms with Crippen LogP contribution in [0.1, 0.15) is 90.9 Å². The normalized spacial score (nSPS) is 14.7. The summed E-state index contributed by atoms with van der Waals surface area (Å²) in [6.45, 7) is 4.56. The molecule has 0 saturated heterocycles. The molecule has 0 aromatic carbocycles. The first kappa shape index (κ1) is 24.3. The summed E-state index contributed by atoms with van der Waals surface area (Å²) in [6, 6.07) is 0. The Hall–Kier alpha value is 1.25. The highest BCUT2D eigenvalue weighted by Crippen LogP contribution is 2.45. The predicted octanol–water partition coefficient (Wildman–Crippen LogP) is 8.65. The van der Waals surface area contributed by atoms with Crippen molar-refractivity contribution in [3.8, 4) is 0 Å². The van der Waals surface area contributed by atoms with Crippen LogP contribution >= 0.6 is 55.3 Å². The van der Waals surface area contributed by atoms with Crippen LogP contribution in [-0.2, 0) is 0 Å². The molecule has 2 nitrogen and oxygen atoms in total. The minimum Gasteiger partial charge on any atom is -0.304 e. The van der Waals surface area contributed by atoms with E-state index in [-0.39, 0.29) is 0 Å². The highest BCUT2D eigenvalue weighted by atomic mass is 33.1. The van der Waals surface area contributed by atoms with Crippen LogP contribution in [0.4, 0.5) is 0 Å². The summed E-state index contributed by atoms with van der Waals surface area (Å²) in [5, 5.41) is 0. The number of unbranched alkanes of at least 4 members (excludes halogenated alkanes) is 10. The van der Waals surface area contributed by atoms with Gasteiger partial charge in [-0.1, -0.05) is 103 Å². The van der Waals surface area contributed by atoms with Gasteiger partial charge in [0, 0.05) is 40.6 Å². The summed E-state index contributed by atoms with van der Waals surface area (Å²) in [6.07, 6.45) is 18.8. The van der Waals surface area contributed by atoms with E-state index < -0.39 is 0 Å². The van der Waals surface area contributed by atoms with Gasteiger partial charge in [-0.15, -0.1) is 0 Å². The fraction of sp³-hybridized carbons (Fsp3) is 0.889. The van der Waals surface area contributed by atoms with Crippen LogP contribution in [0.2, 0.25) is 0 Å². The highest BCUT2D eigenvalue weighted by Gasteiger charge is 2.16. The fourth-order valence-electron chi connectivity index (χ4n) is 2.38. The molecule has 1 aliphatic rings. The molecule has 0 amide bonds. The molecule has 0 aromatic heterocycles. The first-order valence-electron chi connectivity index (χ1n) is 9.90. The van der Waals surface area contributed by atoms with E-state index in [0.717, 1.165) is 0 Å². The van der Waals surface area contributed by atoms with Crippen molar-refractivity contribution in [2.24, 2.45) is 0 Å². The van der Waals surface area contributed by atoms with Crippen LogP contribution in [0.15, 0.2) is 10.4 Å². The molecule has 0 fully saturated rings. The minimum absolute atomic E-state index is 1.25. The van der Waals surface area contributed by atoms with Crippen molar-refractivity contribution in [3.63, 3.8) is 0 Å². The molecule has 0 saturated carbocycles. The van der Waals surface area contributed by atoms with E-state index in [1.807, 2.05) is 55.3 Å². The molecule has 0 spiro atoms. The van der Waals surface area contributed by atoms with Crippen molar-refractivity contribution >= 4 is 55.3 Å². The Morgan fingerprint density at radius 3 is 2.00 bits per heavy atom. The van der Waals surface area contributed by atoms with Gasteiger partial charge in [0.15, 0.2) is 0 Å². The molecule has 1 N–H and O–H groups in total. The van der Waals surface area contributed by atoms with Gasteiger partial charge in [0.1, 0.15) is 0 Å². The van der Waals surface area contributed by atoms with Crippen LogP contribution in [0.3, 0.4) is 0 Å². The predicted molar refractivity (Wildman–Crippen MR) is 127 cm³/mol. The third-order valence-corrected chi connectivity index (χ3v) is 10.3. The van der Waals surface area contributed by atoms with Gasteiger partial charge in [-0.3, -0.25) is 0 Å². The summed E-state index contributed by atoms with van der Waals surface area (Å²) in [5.41, 5.74) is 3.34. The van der Waals surface area contributed by atoms with Crippen molar-refractivity contribution < 1.29 is 0 Å². The lowest BCUT2D eigenvalue weighted by Crippen LogP contribution is -2.13. The molecule has 0 atom stereocenters. The van der Waals surface area contributed by atoms with E-state index in [9.17, 15) is 0 Å². The second kappa shape index (κ2) is 18.6. The van der Waals surface area contributed by atoms with Crippen LogP contribution in [0.5, 0.6) is 0 Å². The van der Waals surface area contributed by atoms with Gasteiger partial charge in [0.25, 0.3) is 0 Å². The Balaban J connectivity index is 1.84. The first-order chi connectivity index (χ1) is 12.4. The maximum absolute atomic E-state index is 3.34. The van der Waals surface area contributed by atoms with Gasteiger partial charge in [0.05, 0.1) is 4.24 Å². The Bertz CT molecular complexity index is 329. The number of hydrogen-bond donors (Lipinski definition) is 1. The van der Waals surface area contributed by atoms with Crippen molar-refractivity contribution in [1.29, 1.82) is 0 Å². The lowest BCUT2D eigenvalue weighted by Gasteiger charge is -2.11. The van der Waals surface area contributed by atoms with Crippen LogP contribution in [0, 0.1) is 0 Å². The number of hydrogen-bond acceptors (Lipinski definition) is 7. The van der Waals surface area contributed by atoms with Crippen LogP contribution in [0.25, 0.3) is 0 Å². The van der Waals surface area contributed by atoms with Gasteiger partial charge in [0.2, 0.25) is 0 Å². The Kier molecular flexibility index (Phi) is 18.1. The Labute approximate surface area is 176 Å². The number of hydrazine groups is 1. The van der Waals surface area contributed by atoms with Gasteiger partial charge in [-0.25, -0.2) is 0 Å². The van der Waals surface area contributed by atoms with Gasteiger partial charge < -0.3 is 5.43 Å². The van der Waals surface area contributed by atoms with E-state index in [4.69, 9.17) is 0 Å². The largest absolute Gasteiger partial charge is 0.304 e. The molecule has 0 unspecified atom stereocenters. The Morgan fingerprint density at radius 2 is 1.36 bits per heavy atom. The Morgan fingerprint density at radius 1 is 0.800 bits per heavy atom. The maximum atomic E-state index is 3.34. The monoisotopic (exact) mass is 440 g/mol. The molecule has 0 bridgehead atoms. The number of rotatable bonds is 18. The van der Waals surface area contributed by atoms with Crippen molar-refractivity contribution in [2.75, 3.05) is 11.5 Å². The number of nitrogens with zero attached hydrogens (tertiary/aromatic N) is 1. The van der Waals surface area contributed by atoms with E-state index in [2.05, 4.69) is 29.3 Å². The summed E-state index contributed by atoms with van der Waals surface area (Å²) in [4.78, 5) is 0. The third kappa shape index (κ3) is 14.9. The smallest absolute Gasteiger partial charge is 0.0865 e. The molecule has 0 radical (unpaired) electrons. The lowest BCUT2D eigenvalue weighted by atomic mass is 10.1. The van der Waals surface area contributed by atoms with E-state index >= 15 is 0 Å². The molecule has 25 heavy (non-hydrogen) atoms. The molecule has 1 rings (SSSR count). The zero-order valence-electron chi connectivity index (χ0n) is 16.0. The molecule has 1 aliphatic heterocycles. The second-order valence-electron chi connectivity index (χ2n) is 6.28. The fourth-order valence-corrected chi connectivity index (χ4v) is 8.28. The zero-order valence-corrected chi connectivity index (χ0v) is 20.0. The van der Waals surface area contributed by atoms with Crippen molar-refractivity contribution in [2.45, 2.75) is 90.9 Å². The molecule has 0 aromatic rings. The van der Waals surface area contributed by atoms with Crippen LogP contribution < -0.4 is 5.43 Å². The molecule has 0 aliphatic carbocycles. The third-order valence-electron chi connectivity index (χ3n) is 3.88. The molecule has 7 heteroatoms. The quantitative estimate of drug-likeness (QED) is 0.129. The molecule has 1 heterocycles.